The summed E-state index contributed by atoms with van der Waals surface area (Å²) in [5.41, 5.74) is 1.97. The van der Waals surface area contributed by atoms with E-state index in [2.05, 4.69) is 34.1 Å². The van der Waals surface area contributed by atoms with Gasteiger partial charge in [-0.25, -0.2) is 18.2 Å². The SMILES string of the molecule is C=C[C@@H]1C[C@]1(NC(=O)[C@@H]1CC2CN1C(=O)[C@H](CCCC)NC(=O)OCCCCCCCc1ccc3nc(-c4ccccc4)cc(c3c1)O2)C(=O)NS(=O)(=O)C1CC1. The molecule has 3 heterocycles. The molecule has 3 aromatic rings. The second-order valence-corrected chi connectivity index (χ2v) is 17.8. The van der Waals surface area contributed by atoms with Gasteiger partial charge in [0.25, 0.3) is 5.91 Å². The van der Waals surface area contributed by atoms with Crippen LogP contribution in [0.4, 0.5) is 4.79 Å². The predicted octanol–water partition coefficient (Wildman–Crippen LogP) is 5.71. The number of pyridine rings is 1. The van der Waals surface area contributed by atoms with E-state index in [9.17, 15) is 27.6 Å². The van der Waals surface area contributed by atoms with E-state index in [1.54, 1.807) is 0 Å². The van der Waals surface area contributed by atoms with Gasteiger partial charge in [0.2, 0.25) is 21.8 Å². The number of amides is 4. The third-order valence-electron chi connectivity index (χ3n) is 11.6. The van der Waals surface area contributed by atoms with Crippen LogP contribution in [-0.2, 0) is 35.6 Å². The van der Waals surface area contributed by atoms with Gasteiger partial charge in [-0.2, -0.15) is 0 Å². The second-order valence-electron chi connectivity index (χ2n) is 15.9. The number of ether oxygens (including phenoxy) is 2. The largest absolute Gasteiger partial charge is 0.488 e. The molecule has 13 nitrogen and oxygen atoms in total. The van der Waals surface area contributed by atoms with Crippen molar-refractivity contribution in [1.82, 2.24) is 25.2 Å². The number of nitrogens with one attached hydrogen (secondary N) is 3. The van der Waals surface area contributed by atoms with Gasteiger partial charge < -0.3 is 25.0 Å². The Morgan fingerprint density at radius 1 is 1.05 bits per heavy atom. The first-order valence-corrected chi connectivity index (χ1v) is 22.0. The van der Waals surface area contributed by atoms with E-state index < -0.39 is 68.7 Å². The highest BCUT2D eigenvalue weighted by Gasteiger charge is 2.62. The van der Waals surface area contributed by atoms with Crippen LogP contribution in [0.5, 0.6) is 5.75 Å². The number of hydrogen-bond acceptors (Lipinski definition) is 9. The van der Waals surface area contributed by atoms with E-state index >= 15 is 0 Å². The number of cyclic esters (lactones) is 1. The van der Waals surface area contributed by atoms with Gasteiger partial charge in [0, 0.05) is 29.4 Å². The Hall–Kier alpha value is -4.98. The van der Waals surface area contributed by atoms with Crippen molar-refractivity contribution in [3.05, 3.63) is 72.8 Å². The maximum Gasteiger partial charge on any atom is 0.407 e. The van der Waals surface area contributed by atoms with Crippen molar-refractivity contribution < 1.29 is 37.1 Å². The molecule has 1 aromatic heterocycles. The quantitative estimate of drug-likeness (QED) is 0.217. The maximum atomic E-state index is 14.6. The summed E-state index contributed by atoms with van der Waals surface area (Å²) < 4.78 is 40.1. The molecule has 304 valence electrons. The number of benzene rings is 2. The Balaban J connectivity index is 1.23. The fraction of sp³-hybridized carbons (Fsp3) is 0.512. The molecule has 3 N–H and O–H groups in total. The van der Waals surface area contributed by atoms with Crippen LogP contribution in [0.2, 0.25) is 0 Å². The molecule has 2 aromatic carbocycles. The van der Waals surface area contributed by atoms with Crippen LogP contribution in [0, 0.1) is 5.92 Å². The minimum absolute atomic E-state index is 0.0145. The minimum atomic E-state index is -3.90. The topological polar surface area (TPSA) is 173 Å². The van der Waals surface area contributed by atoms with Crippen LogP contribution in [0.3, 0.4) is 0 Å². The molecule has 2 aliphatic heterocycles. The molecule has 7 rings (SSSR count). The molecule has 1 unspecified atom stereocenters. The normalized spacial score (nSPS) is 25.8. The van der Waals surface area contributed by atoms with Gasteiger partial charge in [-0.1, -0.05) is 81.5 Å². The highest BCUT2D eigenvalue weighted by atomic mass is 32.2. The van der Waals surface area contributed by atoms with Crippen LogP contribution >= 0.6 is 0 Å². The first-order chi connectivity index (χ1) is 27.5. The van der Waals surface area contributed by atoms with E-state index in [0.717, 1.165) is 60.6 Å². The Bertz CT molecular complexity index is 2110. The summed E-state index contributed by atoms with van der Waals surface area (Å²) in [6, 6.07) is 15.8. The maximum absolute atomic E-state index is 14.6. The average Bonchev–Trinajstić information content (AvgIpc) is 4.14. The first-order valence-electron chi connectivity index (χ1n) is 20.4. The van der Waals surface area contributed by atoms with Crippen LogP contribution in [0.15, 0.2) is 67.3 Å². The zero-order chi connectivity index (χ0) is 40.2. The number of aromatic nitrogens is 1. The Morgan fingerprint density at radius 2 is 1.82 bits per heavy atom. The van der Waals surface area contributed by atoms with Gasteiger partial charge in [-0.3, -0.25) is 19.1 Å². The second kappa shape index (κ2) is 17.3. The molecule has 5 atom stereocenters. The molecule has 4 amide bonds. The van der Waals surface area contributed by atoms with E-state index in [0.29, 0.717) is 43.5 Å². The Kier molecular flexibility index (Phi) is 12.2. The molecule has 2 saturated carbocycles. The molecule has 57 heavy (non-hydrogen) atoms. The molecule has 0 spiro atoms. The molecule has 4 aliphatic rings. The number of carbonyl (C=O) groups is 4. The Morgan fingerprint density at radius 3 is 2.56 bits per heavy atom. The van der Waals surface area contributed by atoms with E-state index in [4.69, 9.17) is 14.5 Å². The first kappa shape index (κ1) is 40.2. The zero-order valence-electron chi connectivity index (χ0n) is 32.5. The fourth-order valence-corrected chi connectivity index (χ4v) is 9.37. The summed E-state index contributed by atoms with van der Waals surface area (Å²) in [7, 11) is -3.90. The molecule has 2 aliphatic carbocycles. The zero-order valence-corrected chi connectivity index (χ0v) is 33.4. The summed E-state index contributed by atoms with van der Waals surface area (Å²) in [4.78, 5) is 62.1. The smallest absolute Gasteiger partial charge is 0.407 e. The average molecular weight is 800 g/mol. The lowest BCUT2D eigenvalue weighted by Crippen LogP contribution is -2.58. The number of carbonyl (C=O) groups excluding carboxylic acids is 4. The molecule has 1 saturated heterocycles. The molecule has 14 heteroatoms. The number of fused-ring (bicyclic) bond motifs is 3. The minimum Gasteiger partial charge on any atom is -0.488 e. The lowest BCUT2D eigenvalue weighted by Gasteiger charge is -2.29. The van der Waals surface area contributed by atoms with Gasteiger partial charge in [-0.15, -0.1) is 6.58 Å². The number of rotatable bonds is 10. The predicted molar refractivity (Wildman–Crippen MR) is 216 cm³/mol. The van der Waals surface area contributed by atoms with Gasteiger partial charge >= 0.3 is 6.09 Å². The third kappa shape index (κ3) is 9.27. The van der Waals surface area contributed by atoms with Gasteiger partial charge in [0.15, 0.2) is 0 Å². The van der Waals surface area contributed by atoms with Gasteiger partial charge in [0.05, 0.1) is 29.6 Å². The van der Waals surface area contributed by atoms with Gasteiger partial charge in [0.1, 0.15) is 29.5 Å². The molecule has 0 radical (unpaired) electrons. The van der Waals surface area contributed by atoms with Crippen LogP contribution in [0.1, 0.15) is 89.5 Å². The van der Waals surface area contributed by atoms with Crippen LogP contribution in [-0.4, -0.2) is 84.2 Å². The molecule has 3 fully saturated rings. The third-order valence-corrected chi connectivity index (χ3v) is 13.4. The number of aryl methyl sites for hydroxylation is 1. The number of unbranched alkanes of at least 4 members (excludes halogenated alkanes) is 1. The summed E-state index contributed by atoms with van der Waals surface area (Å²) >= 11 is 0. The molecule has 4 bridgehead atoms. The standard InChI is InChI=1S/C43H53N5O8S/c1-3-5-17-35-40(50)48-27-31(24-37(48)39(49)46-43(26-30(43)4-2)41(51)47-57(53,54)32-19-20-32)56-38-25-36(29-15-11-9-12-16-29)44-34-21-18-28(23-33(34)38)14-10-7-6-8-13-22-55-42(52)45-35/h4,9,11-12,15-16,18,21,23,25,30-32,35,37H,2-3,5-8,10,13-14,17,19-20,22,24,26-27H2,1H3,(H,45,52)(H,46,49)(H,47,51)/t30-,31?,35+,37+,43-/m1/s1. The number of alkyl carbamates (subject to hydrolysis) is 1. The van der Waals surface area contributed by atoms with Crippen molar-refractivity contribution >= 4 is 44.7 Å². The Labute approximate surface area is 334 Å². The number of nitrogens with zero attached hydrogens (tertiary/aromatic N) is 2. The number of hydrogen-bond donors (Lipinski definition) is 3. The van der Waals surface area contributed by atoms with Crippen LogP contribution in [0.25, 0.3) is 22.2 Å². The summed E-state index contributed by atoms with van der Waals surface area (Å²) in [6.07, 6.45) is 8.54. The summed E-state index contributed by atoms with van der Waals surface area (Å²) in [5, 5.41) is 5.80. The van der Waals surface area contributed by atoms with Crippen molar-refractivity contribution in [3.63, 3.8) is 0 Å². The summed E-state index contributed by atoms with van der Waals surface area (Å²) in [6.45, 7) is 6.03. The van der Waals surface area contributed by atoms with Crippen molar-refractivity contribution in [3.8, 4) is 17.0 Å². The number of sulfonamides is 1. The molecular formula is C43H53N5O8S. The van der Waals surface area contributed by atoms with Gasteiger partial charge in [-0.05, 0) is 62.6 Å². The van der Waals surface area contributed by atoms with Crippen LogP contribution < -0.4 is 20.1 Å². The van der Waals surface area contributed by atoms with E-state index in [1.165, 1.54) is 11.0 Å². The summed E-state index contributed by atoms with van der Waals surface area (Å²) in [5.74, 6) is -1.86. The van der Waals surface area contributed by atoms with Crippen molar-refractivity contribution in [1.29, 1.82) is 0 Å². The molecular weight excluding hydrogens is 747 g/mol. The van der Waals surface area contributed by atoms with Crippen molar-refractivity contribution in [2.45, 2.75) is 119 Å². The van der Waals surface area contributed by atoms with E-state index in [1.807, 2.05) is 49.4 Å². The van der Waals surface area contributed by atoms with Crippen molar-refractivity contribution in [2.75, 3.05) is 13.2 Å². The lowest BCUT2D eigenvalue weighted by atomic mass is 10.0. The fourth-order valence-electron chi connectivity index (χ4n) is 8.00. The van der Waals surface area contributed by atoms with E-state index in [-0.39, 0.29) is 26.0 Å². The lowest BCUT2D eigenvalue weighted by molar-refractivity contribution is -0.141. The van der Waals surface area contributed by atoms with Crippen molar-refractivity contribution in [2.24, 2.45) is 5.92 Å². The highest BCUT2D eigenvalue weighted by Crippen LogP contribution is 2.45. The highest BCUT2D eigenvalue weighted by molar-refractivity contribution is 7.91. The monoisotopic (exact) mass is 799 g/mol.